The number of hydrogen-bond donors (Lipinski definition) is 1. The summed E-state index contributed by atoms with van der Waals surface area (Å²) in [7, 11) is 0. The molecule has 0 aliphatic carbocycles. The van der Waals surface area contributed by atoms with E-state index in [1.807, 2.05) is 31.2 Å². The van der Waals surface area contributed by atoms with Gasteiger partial charge in [0.2, 0.25) is 0 Å². The monoisotopic (exact) mass is 340 g/mol. The third kappa shape index (κ3) is 3.47. The van der Waals surface area contributed by atoms with Crippen molar-refractivity contribution in [2.24, 2.45) is 0 Å². The molecule has 6 nitrogen and oxygen atoms in total. The standard InChI is InChI=1S/C19H20N2O4/c1-13-5-2-6-14(11-13)12-20-9-3-7-15(17(20)22)18(23)21-10-4-8-16(21)19(24)25/h2-3,5-7,9,11,16H,4,8,10,12H2,1H3,(H,24,25)/t16-/m1/s1. The SMILES string of the molecule is Cc1cccc(Cn2cccc(C(=O)N3CCC[C@@H]3C(=O)O)c2=O)c1. The molecule has 0 spiro atoms. The van der Waals surface area contributed by atoms with E-state index in [-0.39, 0.29) is 5.56 Å². The van der Waals surface area contributed by atoms with E-state index in [9.17, 15) is 19.5 Å². The molecular formula is C19H20N2O4. The second-order valence-electron chi connectivity index (χ2n) is 6.34. The first-order valence-corrected chi connectivity index (χ1v) is 8.26. The van der Waals surface area contributed by atoms with E-state index < -0.39 is 23.5 Å². The number of likely N-dealkylation sites (tertiary alicyclic amines) is 1. The Labute approximate surface area is 145 Å². The van der Waals surface area contributed by atoms with Crippen molar-refractivity contribution in [2.75, 3.05) is 6.54 Å². The normalized spacial score (nSPS) is 16.8. The fourth-order valence-corrected chi connectivity index (χ4v) is 3.25. The highest BCUT2D eigenvalue weighted by Crippen LogP contribution is 2.19. The minimum atomic E-state index is -1.03. The summed E-state index contributed by atoms with van der Waals surface area (Å²) in [6, 6.07) is 10.1. The van der Waals surface area contributed by atoms with Gasteiger partial charge in [-0.15, -0.1) is 0 Å². The van der Waals surface area contributed by atoms with Gasteiger partial charge in [0.1, 0.15) is 11.6 Å². The van der Waals surface area contributed by atoms with Crippen LogP contribution in [0.2, 0.25) is 0 Å². The number of pyridine rings is 1. The topological polar surface area (TPSA) is 79.6 Å². The number of carbonyl (C=O) groups excluding carboxylic acids is 1. The van der Waals surface area contributed by atoms with Crippen LogP contribution in [-0.2, 0) is 11.3 Å². The average molecular weight is 340 g/mol. The maximum absolute atomic E-state index is 12.7. The Hall–Kier alpha value is -2.89. The molecule has 0 radical (unpaired) electrons. The first kappa shape index (κ1) is 17.0. The molecule has 0 bridgehead atoms. The van der Waals surface area contributed by atoms with Gasteiger partial charge in [0.25, 0.3) is 11.5 Å². The molecule has 1 aromatic carbocycles. The summed E-state index contributed by atoms with van der Waals surface area (Å²) >= 11 is 0. The second-order valence-corrected chi connectivity index (χ2v) is 6.34. The van der Waals surface area contributed by atoms with Crippen LogP contribution in [0.4, 0.5) is 0 Å². The molecule has 130 valence electrons. The Balaban J connectivity index is 1.89. The zero-order chi connectivity index (χ0) is 18.0. The van der Waals surface area contributed by atoms with Gasteiger partial charge in [-0.1, -0.05) is 29.8 Å². The molecule has 1 N–H and O–H groups in total. The van der Waals surface area contributed by atoms with Crippen LogP contribution < -0.4 is 5.56 Å². The fraction of sp³-hybridized carbons (Fsp3) is 0.316. The number of carboxylic acid groups (broad SMARTS) is 1. The Morgan fingerprint density at radius 3 is 2.76 bits per heavy atom. The van der Waals surface area contributed by atoms with Gasteiger partial charge in [-0.2, -0.15) is 0 Å². The molecule has 25 heavy (non-hydrogen) atoms. The lowest BCUT2D eigenvalue weighted by Gasteiger charge is -2.21. The summed E-state index contributed by atoms with van der Waals surface area (Å²) in [5.74, 6) is -1.53. The molecule has 1 saturated heterocycles. The summed E-state index contributed by atoms with van der Waals surface area (Å²) in [5, 5.41) is 9.25. The van der Waals surface area contributed by atoms with Crippen molar-refractivity contribution in [1.82, 2.24) is 9.47 Å². The van der Waals surface area contributed by atoms with Crippen LogP contribution in [-0.4, -0.2) is 39.0 Å². The fourth-order valence-electron chi connectivity index (χ4n) is 3.25. The maximum Gasteiger partial charge on any atom is 0.326 e. The van der Waals surface area contributed by atoms with Gasteiger partial charge in [0.15, 0.2) is 0 Å². The van der Waals surface area contributed by atoms with E-state index in [1.165, 1.54) is 15.5 Å². The number of aryl methyl sites for hydroxylation is 1. The molecular weight excluding hydrogens is 320 g/mol. The molecule has 1 aliphatic rings. The van der Waals surface area contributed by atoms with Gasteiger partial charge >= 0.3 is 5.97 Å². The van der Waals surface area contributed by atoms with Crippen LogP contribution in [0.5, 0.6) is 0 Å². The van der Waals surface area contributed by atoms with E-state index in [4.69, 9.17) is 0 Å². The van der Waals surface area contributed by atoms with Crippen LogP contribution in [0.3, 0.4) is 0 Å². The van der Waals surface area contributed by atoms with E-state index in [1.54, 1.807) is 12.3 Å². The molecule has 0 unspecified atom stereocenters. The summed E-state index contributed by atoms with van der Waals surface area (Å²) in [6.07, 6.45) is 2.69. The van der Waals surface area contributed by atoms with Gasteiger partial charge in [-0.05, 0) is 37.5 Å². The van der Waals surface area contributed by atoms with Crippen LogP contribution in [0, 0.1) is 6.92 Å². The Morgan fingerprint density at radius 1 is 1.24 bits per heavy atom. The summed E-state index contributed by atoms with van der Waals surface area (Å²) in [4.78, 5) is 38.0. The van der Waals surface area contributed by atoms with Crippen molar-refractivity contribution in [3.05, 3.63) is 69.6 Å². The number of amides is 1. The first-order valence-electron chi connectivity index (χ1n) is 8.26. The van der Waals surface area contributed by atoms with Crippen molar-refractivity contribution in [3.8, 4) is 0 Å². The number of carboxylic acids is 1. The van der Waals surface area contributed by atoms with Crippen molar-refractivity contribution >= 4 is 11.9 Å². The highest BCUT2D eigenvalue weighted by Gasteiger charge is 2.35. The van der Waals surface area contributed by atoms with E-state index in [2.05, 4.69) is 0 Å². The van der Waals surface area contributed by atoms with Gasteiger partial charge in [-0.3, -0.25) is 9.59 Å². The molecule has 3 rings (SSSR count). The molecule has 2 aromatic rings. The minimum absolute atomic E-state index is 0.0169. The summed E-state index contributed by atoms with van der Waals surface area (Å²) < 4.78 is 1.48. The van der Waals surface area contributed by atoms with E-state index in [0.29, 0.717) is 25.9 Å². The minimum Gasteiger partial charge on any atom is -0.480 e. The third-order valence-electron chi connectivity index (χ3n) is 4.48. The van der Waals surface area contributed by atoms with Crippen LogP contribution in [0.15, 0.2) is 47.4 Å². The van der Waals surface area contributed by atoms with Gasteiger partial charge < -0.3 is 14.6 Å². The highest BCUT2D eigenvalue weighted by atomic mass is 16.4. The lowest BCUT2D eigenvalue weighted by atomic mass is 10.1. The number of aromatic nitrogens is 1. The second kappa shape index (κ2) is 6.93. The number of rotatable bonds is 4. The lowest BCUT2D eigenvalue weighted by Crippen LogP contribution is -2.43. The lowest BCUT2D eigenvalue weighted by molar-refractivity contribution is -0.141. The van der Waals surface area contributed by atoms with Gasteiger partial charge in [0.05, 0.1) is 6.54 Å². The molecule has 2 heterocycles. The Morgan fingerprint density at radius 2 is 2.04 bits per heavy atom. The summed E-state index contributed by atoms with van der Waals surface area (Å²) in [5.41, 5.74) is 1.68. The predicted molar refractivity (Wildman–Crippen MR) is 92.7 cm³/mol. The number of aliphatic carboxylic acids is 1. The summed E-state index contributed by atoms with van der Waals surface area (Å²) in [6.45, 7) is 2.71. The van der Waals surface area contributed by atoms with Gasteiger partial charge in [-0.25, -0.2) is 4.79 Å². The molecule has 1 fully saturated rings. The molecule has 1 aromatic heterocycles. The highest BCUT2D eigenvalue weighted by molar-refractivity contribution is 5.96. The van der Waals surface area contributed by atoms with Crippen LogP contribution in [0.25, 0.3) is 0 Å². The Bertz CT molecular complexity index is 872. The van der Waals surface area contributed by atoms with Crippen molar-refractivity contribution in [2.45, 2.75) is 32.4 Å². The number of carbonyl (C=O) groups is 2. The average Bonchev–Trinajstić information content (AvgIpc) is 3.06. The maximum atomic E-state index is 12.7. The van der Waals surface area contributed by atoms with E-state index >= 15 is 0 Å². The molecule has 1 aliphatic heterocycles. The first-order chi connectivity index (χ1) is 12.0. The third-order valence-corrected chi connectivity index (χ3v) is 4.48. The largest absolute Gasteiger partial charge is 0.480 e. The van der Waals surface area contributed by atoms with Crippen LogP contribution in [0.1, 0.15) is 34.3 Å². The molecule has 6 heteroatoms. The molecule has 1 atom stereocenters. The number of nitrogens with zero attached hydrogens (tertiary/aromatic N) is 2. The molecule has 0 saturated carbocycles. The van der Waals surface area contributed by atoms with Crippen LogP contribution >= 0.6 is 0 Å². The number of benzene rings is 1. The van der Waals surface area contributed by atoms with E-state index in [0.717, 1.165) is 11.1 Å². The van der Waals surface area contributed by atoms with Crippen molar-refractivity contribution in [3.63, 3.8) is 0 Å². The predicted octanol–water partition coefficient (Wildman–Crippen LogP) is 1.89. The zero-order valence-electron chi connectivity index (χ0n) is 14.0. The smallest absolute Gasteiger partial charge is 0.326 e. The number of hydrogen-bond acceptors (Lipinski definition) is 3. The Kier molecular flexibility index (Phi) is 4.70. The van der Waals surface area contributed by atoms with Crippen molar-refractivity contribution in [1.29, 1.82) is 0 Å². The van der Waals surface area contributed by atoms with Crippen molar-refractivity contribution < 1.29 is 14.7 Å². The zero-order valence-corrected chi connectivity index (χ0v) is 14.0. The molecule has 1 amide bonds. The quantitative estimate of drug-likeness (QED) is 0.922. The van der Waals surface area contributed by atoms with Gasteiger partial charge in [0, 0.05) is 12.7 Å².